The number of aromatic carboxylic acids is 1. The van der Waals surface area contributed by atoms with E-state index in [0.717, 1.165) is 31.2 Å². The van der Waals surface area contributed by atoms with Crippen molar-refractivity contribution in [2.24, 2.45) is 23.7 Å². The fourth-order valence-corrected chi connectivity index (χ4v) is 5.98. The first-order valence-electron chi connectivity index (χ1n) is 10.9. The average molecular weight is 457 g/mol. The summed E-state index contributed by atoms with van der Waals surface area (Å²) in [6, 6.07) is 6.53. The van der Waals surface area contributed by atoms with Gasteiger partial charge in [-0.25, -0.2) is 9.78 Å². The third-order valence-corrected chi connectivity index (χ3v) is 7.70. The van der Waals surface area contributed by atoms with Gasteiger partial charge in [-0.2, -0.15) is 0 Å². The monoisotopic (exact) mass is 456 g/mol. The van der Waals surface area contributed by atoms with Gasteiger partial charge in [-0.15, -0.1) is 0 Å². The molecule has 0 unspecified atom stereocenters. The molecule has 4 saturated heterocycles. The van der Waals surface area contributed by atoms with E-state index < -0.39 is 29.9 Å². The molecular weight excluding hydrogens is 427 g/mol. The Morgan fingerprint density at radius 3 is 2.58 bits per heavy atom. The number of carboxylic acids is 1. The first-order chi connectivity index (χ1) is 14.3. The summed E-state index contributed by atoms with van der Waals surface area (Å²) in [5.74, 6) is -0.824. The average Bonchev–Trinajstić information content (AvgIpc) is 2.96. The molecule has 1 saturated carbocycles. The van der Waals surface area contributed by atoms with Crippen LogP contribution in [0.15, 0.2) is 24.3 Å². The van der Waals surface area contributed by atoms with Crippen molar-refractivity contribution in [2.45, 2.75) is 77.0 Å². The maximum atomic E-state index is 10.9. The van der Waals surface area contributed by atoms with Crippen LogP contribution in [0.2, 0.25) is 0 Å². The fraction of sp³-hybridized carbons (Fsp3) is 0.696. The minimum atomic E-state index is -1.19. The van der Waals surface area contributed by atoms with E-state index in [1.165, 1.54) is 12.1 Å². The number of hydrogen-bond acceptors (Lipinski definition) is 7. The predicted octanol–water partition coefficient (Wildman–Crippen LogP) is -0.221. The molecule has 31 heavy (non-hydrogen) atoms. The number of carbonyl (C=O) groups excluding carboxylic acids is 1. The van der Waals surface area contributed by atoms with Gasteiger partial charge < -0.3 is 24.1 Å². The Bertz CT molecular complexity index is 817. The summed E-state index contributed by atoms with van der Waals surface area (Å²) in [4.78, 5) is 22.9. The number of ether oxygens (including phenoxy) is 3. The van der Waals surface area contributed by atoms with Crippen molar-refractivity contribution < 1.29 is 85.3 Å². The molecule has 1 aliphatic carbocycles. The summed E-state index contributed by atoms with van der Waals surface area (Å²) in [5.41, 5.74) is 0.433. The van der Waals surface area contributed by atoms with Gasteiger partial charge in [-0.05, 0) is 49.1 Å². The standard InChI is InChI=1S/C23H30O7.K/c1-13-4-9-18-14(2)20(26-12-15-5-7-16(8-6-15)19(24)25)27-21-23(18)17(13)10-11-22(3,28-21)29-30-23;/h5-8,13-14,17-18,20-21H,4,9-12H2,1-3H3,(H,24,25);/q;+1/p-1/t13-,14-,17+,18+,20+,21-,22+,23-;/m1./s1. The molecular formula is C23H29KO7. The van der Waals surface area contributed by atoms with Gasteiger partial charge in [0.25, 0.3) is 0 Å². The molecule has 1 aromatic rings. The molecule has 0 amide bonds. The second kappa shape index (κ2) is 9.06. The van der Waals surface area contributed by atoms with Crippen molar-refractivity contribution in [3.63, 3.8) is 0 Å². The van der Waals surface area contributed by atoms with Crippen LogP contribution in [-0.4, -0.2) is 29.9 Å². The first kappa shape index (κ1) is 24.3. The molecule has 0 radical (unpaired) electrons. The Kier molecular flexibility index (Phi) is 7.09. The van der Waals surface area contributed by atoms with E-state index in [0.29, 0.717) is 18.4 Å². The maximum Gasteiger partial charge on any atom is 1.00 e. The summed E-state index contributed by atoms with van der Waals surface area (Å²) >= 11 is 0. The van der Waals surface area contributed by atoms with Crippen LogP contribution in [0.25, 0.3) is 0 Å². The summed E-state index contributed by atoms with van der Waals surface area (Å²) in [6.07, 6.45) is 2.97. The van der Waals surface area contributed by atoms with Crippen molar-refractivity contribution in [3.05, 3.63) is 35.4 Å². The van der Waals surface area contributed by atoms with Gasteiger partial charge in [0.15, 0.2) is 18.2 Å². The number of benzene rings is 1. The second-order valence-electron chi connectivity index (χ2n) is 9.57. The van der Waals surface area contributed by atoms with Gasteiger partial charge in [0.05, 0.1) is 12.6 Å². The van der Waals surface area contributed by atoms with E-state index in [1.807, 2.05) is 6.92 Å². The van der Waals surface area contributed by atoms with E-state index in [1.54, 1.807) is 12.1 Å². The number of carbonyl (C=O) groups is 1. The van der Waals surface area contributed by atoms with E-state index in [2.05, 4.69) is 13.8 Å². The molecule has 0 aromatic heterocycles. The normalized spacial score (nSPS) is 43.5. The van der Waals surface area contributed by atoms with Gasteiger partial charge >= 0.3 is 51.4 Å². The van der Waals surface area contributed by atoms with E-state index in [9.17, 15) is 9.90 Å². The van der Waals surface area contributed by atoms with Crippen LogP contribution in [0.3, 0.4) is 0 Å². The van der Waals surface area contributed by atoms with Crippen LogP contribution < -0.4 is 56.5 Å². The van der Waals surface area contributed by atoms with E-state index in [4.69, 9.17) is 24.0 Å². The Morgan fingerprint density at radius 2 is 1.87 bits per heavy atom. The summed E-state index contributed by atoms with van der Waals surface area (Å²) in [7, 11) is 0. The Balaban J connectivity index is 0.00000231. The SMILES string of the molecule is C[C@H]1[C@@H](OCc2ccc(C(=O)[O-])cc2)O[C@@H]2O[C@]3(C)CC[C@H]4[C@H](C)CC[C@@H]1[C@@]24OO3.[K+]. The molecule has 8 heteroatoms. The summed E-state index contributed by atoms with van der Waals surface area (Å²) < 4.78 is 18.9. The molecule has 7 nitrogen and oxygen atoms in total. The van der Waals surface area contributed by atoms with Gasteiger partial charge in [0.2, 0.25) is 5.79 Å². The maximum absolute atomic E-state index is 10.9. The largest absolute Gasteiger partial charge is 1.00 e. The molecule has 6 rings (SSSR count). The quantitative estimate of drug-likeness (QED) is 0.457. The Morgan fingerprint density at radius 1 is 1.13 bits per heavy atom. The predicted molar refractivity (Wildman–Crippen MR) is 102 cm³/mol. The van der Waals surface area contributed by atoms with Crippen molar-refractivity contribution >= 4 is 5.97 Å². The molecule has 5 aliphatic rings. The topological polar surface area (TPSA) is 86.3 Å². The molecule has 2 bridgehead atoms. The third-order valence-electron chi connectivity index (χ3n) is 7.70. The Labute approximate surface area is 225 Å². The summed E-state index contributed by atoms with van der Waals surface area (Å²) in [6.45, 7) is 6.67. The third kappa shape index (κ3) is 4.11. The van der Waals surface area contributed by atoms with Crippen molar-refractivity contribution in [1.82, 2.24) is 0 Å². The summed E-state index contributed by atoms with van der Waals surface area (Å²) in [5, 5.41) is 10.9. The van der Waals surface area contributed by atoms with Gasteiger partial charge in [0, 0.05) is 18.3 Å². The molecule has 4 heterocycles. The van der Waals surface area contributed by atoms with Gasteiger partial charge in [-0.1, -0.05) is 38.1 Å². The molecule has 8 atom stereocenters. The zero-order valence-electron chi connectivity index (χ0n) is 18.7. The molecule has 0 N–H and O–H groups in total. The number of hydrogen-bond donors (Lipinski definition) is 0. The number of fused-ring (bicyclic) bond motifs is 2. The van der Waals surface area contributed by atoms with Crippen LogP contribution >= 0.6 is 0 Å². The van der Waals surface area contributed by atoms with E-state index >= 15 is 0 Å². The van der Waals surface area contributed by atoms with Crippen LogP contribution in [0.4, 0.5) is 0 Å². The molecule has 4 aliphatic heterocycles. The van der Waals surface area contributed by atoms with Crippen LogP contribution in [-0.2, 0) is 30.6 Å². The number of rotatable bonds is 4. The van der Waals surface area contributed by atoms with Crippen LogP contribution in [0, 0.1) is 23.7 Å². The van der Waals surface area contributed by atoms with Crippen molar-refractivity contribution in [2.75, 3.05) is 0 Å². The number of carboxylic acid groups (broad SMARTS) is 1. The van der Waals surface area contributed by atoms with Crippen molar-refractivity contribution in [3.8, 4) is 0 Å². The van der Waals surface area contributed by atoms with E-state index in [-0.39, 0.29) is 68.8 Å². The van der Waals surface area contributed by atoms with Gasteiger partial charge in [-0.3, -0.25) is 0 Å². The fourth-order valence-electron chi connectivity index (χ4n) is 5.98. The zero-order chi connectivity index (χ0) is 21.1. The van der Waals surface area contributed by atoms with Crippen molar-refractivity contribution in [1.29, 1.82) is 0 Å². The minimum absolute atomic E-state index is 0. The Hall–Kier alpha value is 0.126. The zero-order valence-corrected chi connectivity index (χ0v) is 21.8. The molecule has 164 valence electrons. The first-order valence-corrected chi connectivity index (χ1v) is 10.9. The second-order valence-corrected chi connectivity index (χ2v) is 9.57. The molecule has 1 aromatic carbocycles. The minimum Gasteiger partial charge on any atom is -0.545 e. The molecule has 1 spiro atoms. The van der Waals surface area contributed by atoms with Gasteiger partial charge in [0.1, 0.15) is 0 Å². The smallest absolute Gasteiger partial charge is 0.545 e. The van der Waals surface area contributed by atoms with Crippen LogP contribution in [0.5, 0.6) is 0 Å². The van der Waals surface area contributed by atoms with Crippen LogP contribution in [0.1, 0.15) is 62.4 Å². The molecule has 5 fully saturated rings.